The highest BCUT2D eigenvalue weighted by Gasteiger charge is 2.25. The van der Waals surface area contributed by atoms with E-state index in [9.17, 15) is 19.5 Å². The minimum absolute atomic E-state index is 0.178. The number of ketones is 1. The molecule has 2 rings (SSSR count). The van der Waals surface area contributed by atoms with Gasteiger partial charge in [0.1, 0.15) is 17.1 Å². The highest BCUT2D eigenvalue weighted by atomic mass is 32.1. The Morgan fingerprint density at radius 2 is 2.00 bits per heavy atom. The lowest BCUT2D eigenvalue weighted by molar-refractivity contribution is 0.0922. The van der Waals surface area contributed by atoms with E-state index >= 15 is 0 Å². The van der Waals surface area contributed by atoms with Gasteiger partial charge in [-0.3, -0.25) is 10.1 Å². The zero-order chi connectivity index (χ0) is 25.1. The lowest BCUT2D eigenvalue weighted by Crippen LogP contribution is -2.22. The van der Waals surface area contributed by atoms with Gasteiger partial charge in [-0.15, -0.1) is 11.3 Å². The summed E-state index contributed by atoms with van der Waals surface area (Å²) in [7, 11) is 1.28. The van der Waals surface area contributed by atoms with E-state index < -0.39 is 23.4 Å². The Morgan fingerprint density at radius 1 is 1.26 bits per heavy atom. The van der Waals surface area contributed by atoms with Crippen molar-refractivity contribution in [2.75, 3.05) is 13.7 Å². The normalized spacial score (nSPS) is 13.1. The van der Waals surface area contributed by atoms with Crippen LogP contribution < -0.4 is 10.9 Å². The number of alkyl carbamates (subject to hydrolysis) is 1. The van der Waals surface area contributed by atoms with E-state index in [0.29, 0.717) is 38.2 Å². The Balaban J connectivity index is 1.99. The first-order chi connectivity index (χ1) is 16.3. The summed E-state index contributed by atoms with van der Waals surface area (Å²) < 4.78 is 15.4. The van der Waals surface area contributed by atoms with Crippen LogP contribution >= 0.6 is 11.3 Å². The van der Waals surface area contributed by atoms with Gasteiger partial charge < -0.3 is 19.0 Å². The van der Waals surface area contributed by atoms with Gasteiger partial charge in [0.05, 0.1) is 13.7 Å². The molecule has 0 aromatic carbocycles. The predicted molar refractivity (Wildman–Crippen MR) is 130 cm³/mol. The summed E-state index contributed by atoms with van der Waals surface area (Å²) in [6, 6.07) is 5.29. The lowest BCUT2D eigenvalue weighted by Gasteiger charge is -2.13. The van der Waals surface area contributed by atoms with Gasteiger partial charge in [0, 0.05) is 40.5 Å². The molecule has 0 saturated carbocycles. The highest BCUT2D eigenvalue weighted by molar-refractivity contribution is 7.11. The highest BCUT2D eigenvalue weighted by Crippen LogP contribution is 2.27. The fraction of sp³-hybridized carbons (Fsp3) is 0.480. The number of methoxy groups -OCH3 is 1. The Labute approximate surface area is 203 Å². The lowest BCUT2D eigenvalue weighted by atomic mass is 9.95. The first-order valence-corrected chi connectivity index (χ1v) is 12.1. The number of carbonyl (C=O) groups is 2. The number of hydrogen-bond acceptors (Lipinski definition) is 8. The molecule has 1 amide bonds. The van der Waals surface area contributed by atoms with Crippen molar-refractivity contribution < 1.29 is 28.6 Å². The Morgan fingerprint density at radius 3 is 2.68 bits per heavy atom. The number of amides is 1. The summed E-state index contributed by atoms with van der Waals surface area (Å²) in [5, 5.41) is 12.9. The van der Waals surface area contributed by atoms with Crippen LogP contribution in [-0.2, 0) is 22.5 Å². The molecule has 2 unspecified atom stereocenters. The first-order valence-electron chi connectivity index (χ1n) is 11.3. The van der Waals surface area contributed by atoms with Crippen molar-refractivity contribution in [3.05, 3.63) is 62.0 Å². The van der Waals surface area contributed by atoms with Crippen molar-refractivity contribution in [2.45, 2.75) is 59.0 Å². The third-order valence-electron chi connectivity index (χ3n) is 5.22. The number of carbonyl (C=O) groups excluding carboxylic acids is 2. The molecule has 186 valence electrons. The zero-order valence-corrected chi connectivity index (χ0v) is 20.9. The number of rotatable bonds is 13. The number of allylic oxidation sites excluding steroid dienone is 1. The average molecular weight is 492 g/mol. The molecule has 2 aromatic heterocycles. The van der Waals surface area contributed by atoms with Crippen molar-refractivity contribution >= 4 is 23.2 Å². The average Bonchev–Trinajstić information content (AvgIpc) is 3.25. The molecule has 2 heterocycles. The Kier molecular flexibility index (Phi) is 11.0. The fourth-order valence-corrected chi connectivity index (χ4v) is 4.38. The number of ether oxygens (including phenoxy) is 2. The molecule has 0 spiro atoms. The standard InChI is InChI=1S/C25H33NO7S/c1-5-12-32-15-19-10-9-18(34-19)13-17(3)23(28)22-20(27)14-21(33-24(22)29)16(2)8-6-7-11-26-25(30)31-4/h7,9-11,14,16-17,27H,5-6,8,12-13,15H2,1-4H3,(H,26,30)/b11-7+. The zero-order valence-electron chi connectivity index (χ0n) is 20.1. The van der Waals surface area contributed by atoms with Crippen LogP contribution in [0.3, 0.4) is 0 Å². The molecule has 2 N–H and O–H groups in total. The van der Waals surface area contributed by atoms with E-state index in [0.717, 1.165) is 16.2 Å². The van der Waals surface area contributed by atoms with Crippen LogP contribution in [0.5, 0.6) is 5.75 Å². The Bertz CT molecular complexity index is 1040. The van der Waals surface area contributed by atoms with Gasteiger partial charge in [-0.25, -0.2) is 9.59 Å². The van der Waals surface area contributed by atoms with Crippen LogP contribution in [0.25, 0.3) is 0 Å². The monoisotopic (exact) mass is 491 g/mol. The maximum atomic E-state index is 12.9. The molecule has 9 heteroatoms. The number of thiophene rings is 1. The third-order valence-corrected chi connectivity index (χ3v) is 6.30. The number of hydrogen-bond donors (Lipinski definition) is 2. The van der Waals surface area contributed by atoms with Crippen molar-refractivity contribution in [1.82, 2.24) is 5.32 Å². The predicted octanol–water partition coefficient (Wildman–Crippen LogP) is 5.15. The molecular formula is C25H33NO7S. The summed E-state index contributed by atoms with van der Waals surface area (Å²) in [6.45, 7) is 6.89. The summed E-state index contributed by atoms with van der Waals surface area (Å²) in [6.07, 6.45) is 5.28. The van der Waals surface area contributed by atoms with Crippen LogP contribution in [0.1, 0.15) is 71.8 Å². The second kappa shape index (κ2) is 13.7. The van der Waals surface area contributed by atoms with E-state index in [4.69, 9.17) is 9.15 Å². The van der Waals surface area contributed by atoms with Gasteiger partial charge in [-0.05, 0) is 37.8 Å². The largest absolute Gasteiger partial charge is 0.507 e. The van der Waals surface area contributed by atoms with Gasteiger partial charge in [0.15, 0.2) is 5.78 Å². The number of nitrogens with one attached hydrogen (secondary N) is 1. The fourth-order valence-electron chi connectivity index (χ4n) is 3.29. The van der Waals surface area contributed by atoms with Crippen molar-refractivity contribution in [1.29, 1.82) is 0 Å². The summed E-state index contributed by atoms with van der Waals surface area (Å²) in [5.41, 5.74) is -1.14. The minimum atomic E-state index is -0.832. The molecule has 0 aliphatic carbocycles. The SMILES string of the molecule is CCCOCc1ccc(CC(C)C(=O)c2c(O)cc(C(C)CC/C=C/NC(=O)OC)oc2=O)s1. The van der Waals surface area contributed by atoms with Gasteiger partial charge in [-0.2, -0.15) is 0 Å². The second-order valence-corrected chi connectivity index (χ2v) is 9.36. The molecule has 0 bridgehead atoms. The molecule has 0 aliphatic rings. The van der Waals surface area contributed by atoms with Gasteiger partial charge >= 0.3 is 11.7 Å². The molecule has 34 heavy (non-hydrogen) atoms. The van der Waals surface area contributed by atoms with Gasteiger partial charge in [-0.1, -0.05) is 26.8 Å². The third kappa shape index (κ3) is 8.14. The Hall–Kier alpha value is -2.91. The first kappa shape index (κ1) is 27.3. The van der Waals surface area contributed by atoms with Crippen LogP contribution in [0.2, 0.25) is 0 Å². The van der Waals surface area contributed by atoms with E-state index in [1.165, 1.54) is 19.4 Å². The maximum absolute atomic E-state index is 12.9. The molecule has 0 aliphatic heterocycles. The molecule has 0 saturated heterocycles. The van der Waals surface area contributed by atoms with Crippen molar-refractivity contribution in [2.24, 2.45) is 5.92 Å². The van der Waals surface area contributed by atoms with Gasteiger partial charge in [0.25, 0.3) is 0 Å². The summed E-state index contributed by atoms with van der Waals surface area (Å²) in [5.74, 6) is -1.18. The van der Waals surface area contributed by atoms with Crippen LogP contribution in [-0.4, -0.2) is 30.7 Å². The molecule has 0 fully saturated rings. The number of aromatic hydroxyl groups is 1. The van der Waals surface area contributed by atoms with E-state index in [1.54, 1.807) is 24.3 Å². The molecule has 0 radical (unpaired) electrons. The molecule has 2 atom stereocenters. The van der Waals surface area contributed by atoms with E-state index in [-0.39, 0.29) is 17.2 Å². The minimum Gasteiger partial charge on any atom is -0.507 e. The quantitative estimate of drug-likeness (QED) is 0.294. The van der Waals surface area contributed by atoms with E-state index in [1.807, 2.05) is 19.1 Å². The molecule has 8 nitrogen and oxygen atoms in total. The maximum Gasteiger partial charge on any atom is 0.410 e. The molecular weight excluding hydrogens is 458 g/mol. The van der Waals surface area contributed by atoms with Crippen LogP contribution in [0, 0.1) is 5.92 Å². The topological polar surface area (TPSA) is 115 Å². The molecule has 2 aromatic rings. The van der Waals surface area contributed by atoms with Crippen LogP contribution in [0.4, 0.5) is 4.79 Å². The smallest absolute Gasteiger partial charge is 0.410 e. The van der Waals surface area contributed by atoms with Gasteiger partial charge in [0.2, 0.25) is 0 Å². The summed E-state index contributed by atoms with van der Waals surface area (Å²) in [4.78, 5) is 38.6. The van der Waals surface area contributed by atoms with Crippen LogP contribution in [0.15, 0.2) is 39.7 Å². The van der Waals surface area contributed by atoms with E-state index in [2.05, 4.69) is 17.0 Å². The number of Topliss-reactive ketones (excluding diaryl/α,β-unsaturated/α-hetero) is 1. The second-order valence-electron chi connectivity index (χ2n) is 8.10. The van der Waals surface area contributed by atoms with Crippen molar-refractivity contribution in [3.63, 3.8) is 0 Å². The summed E-state index contributed by atoms with van der Waals surface area (Å²) >= 11 is 1.58. The van der Waals surface area contributed by atoms with Crippen molar-refractivity contribution in [3.8, 4) is 5.75 Å².